The summed E-state index contributed by atoms with van der Waals surface area (Å²) >= 11 is 0. The summed E-state index contributed by atoms with van der Waals surface area (Å²) in [5, 5.41) is 4.03. The fourth-order valence-electron chi connectivity index (χ4n) is 2.75. The smallest absolute Gasteiger partial charge is 0.288 e. The van der Waals surface area contributed by atoms with Gasteiger partial charge in [0.05, 0.1) is 0 Å². The Hall–Kier alpha value is -2.63. The molecule has 0 radical (unpaired) electrons. The number of nitrogens with one attached hydrogen (secondary N) is 2. The van der Waals surface area contributed by atoms with Crippen LogP contribution in [0.3, 0.4) is 0 Å². The van der Waals surface area contributed by atoms with Gasteiger partial charge >= 0.3 is 0 Å². The van der Waals surface area contributed by atoms with Crippen LogP contribution in [-0.2, 0) is 11.3 Å². The minimum atomic E-state index is -0.163. The fraction of sp³-hybridized carbons (Fsp3) is 0.353. The van der Waals surface area contributed by atoms with Gasteiger partial charge in [-0.05, 0) is 24.5 Å². The lowest BCUT2D eigenvalue weighted by Crippen LogP contribution is -2.41. The summed E-state index contributed by atoms with van der Waals surface area (Å²) in [5.41, 5.74) is 1.44. The average Bonchev–Trinajstić information content (AvgIpc) is 2.83. The number of aromatic nitrogens is 1. The Morgan fingerprint density at radius 1 is 1.30 bits per heavy atom. The highest BCUT2D eigenvalue weighted by Gasteiger charge is 2.18. The molecule has 1 aromatic carbocycles. The van der Waals surface area contributed by atoms with Crippen LogP contribution in [0.5, 0.6) is 0 Å². The minimum Gasteiger partial charge on any atom is -0.366 e. The van der Waals surface area contributed by atoms with Crippen molar-refractivity contribution < 1.29 is 4.79 Å². The van der Waals surface area contributed by atoms with Crippen LogP contribution in [-0.4, -0.2) is 41.8 Å². The molecule has 6 heteroatoms. The van der Waals surface area contributed by atoms with Gasteiger partial charge in [0.2, 0.25) is 5.56 Å². The van der Waals surface area contributed by atoms with Gasteiger partial charge in [-0.3, -0.25) is 14.6 Å². The van der Waals surface area contributed by atoms with Crippen molar-refractivity contribution in [3.8, 4) is 0 Å². The maximum absolute atomic E-state index is 12.5. The molecule has 0 bridgehead atoms. The Balaban J connectivity index is 1.85. The maximum atomic E-state index is 12.5. The predicted molar refractivity (Wildman–Crippen MR) is 90.6 cm³/mol. The molecule has 23 heavy (non-hydrogen) atoms. The number of pyridine rings is 1. The van der Waals surface area contributed by atoms with Gasteiger partial charge in [-0.2, -0.15) is 0 Å². The highest BCUT2D eigenvalue weighted by atomic mass is 16.2. The molecule has 2 aromatic rings. The molecule has 2 heterocycles. The molecule has 6 nitrogen and oxygen atoms in total. The summed E-state index contributed by atoms with van der Waals surface area (Å²) in [6.07, 6.45) is 2.01. The van der Waals surface area contributed by atoms with Gasteiger partial charge in [0.15, 0.2) is 5.84 Å². The third-order valence-corrected chi connectivity index (χ3v) is 3.94. The van der Waals surface area contributed by atoms with Crippen molar-refractivity contribution in [3.05, 3.63) is 46.2 Å². The second-order valence-electron chi connectivity index (χ2n) is 5.73. The van der Waals surface area contributed by atoms with Crippen LogP contribution in [0, 0.1) is 0 Å². The Morgan fingerprint density at radius 3 is 3.00 bits per heavy atom. The van der Waals surface area contributed by atoms with Crippen molar-refractivity contribution in [2.75, 3.05) is 20.1 Å². The van der Waals surface area contributed by atoms with E-state index in [9.17, 15) is 9.59 Å². The van der Waals surface area contributed by atoms with Crippen molar-refractivity contribution in [2.45, 2.75) is 19.4 Å². The first-order valence-corrected chi connectivity index (χ1v) is 7.80. The van der Waals surface area contributed by atoms with Crippen molar-refractivity contribution in [1.82, 2.24) is 15.2 Å². The quantitative estimate of drug-likeness (QED) is 0.896. The Bertz CT molecular complexity index is 810. The third kappa shape index (κ3) is 3.41. The Morgan fingerprint density at radius 2 is 2.13 bits per heavy atom. The van der Waals surface area contributed by atoms with Crippen molar-refractivity contribution in [2.24, 2.45) is 4.99 Å². The van der Waals surface area contributed by atoms with Crippen LogP contribution in [0.15, 0.2) is 40.1 Å². The van der Waals surface area contributed by atoms with E-state index >= 15 is 0 Å². The number of carbonyl (C=O) groups excluding carboxylic acids is 1. The molecule has 1 aliphatic heterocycles. The van der Waals surface area contributed by atoms with Gasteiger partial charge in [0.1, 0.15) is 0 Å². The van der Waals surface area contributed by atoms with E-state index in [1.54, 1.807) is 18.0 Å². The fourth-order valence-corrected chi connectivity index (χ4v) is 2.75. The molecular formula is C17H20N4O2. The van der Waals surface area contributed by atoms with E-state index in [4.69, 9.17) is 0 Å². The lowest BCUT2D eigenvalue weighted by molar-refractivity contribution is -0.123. The number of aromatic amines is 1. The molecule has 1 aromatic heterocycles. The largest absolute Gasteiger partial charge is 0.366 e. The minimum absolute atomic E-state index is 0.142. The first-order chi connectivity index (χ1) is 11.1. The third-order valence-electron chi connectivity index (χ3n) is 3.94. The summed E-state index contributed by atoms with van der Waals surface area (Å²) in [5.74, 6) is 0.274. The topological polar surface area (TPSA) is 77.6 Å². The number of aliphatic imine (C=N–C) groups is 1. The van der Waals surface area contributed by atoms with Crippen LogP contribution >= 0.6 is 0 Å². The number of H-pyrrole nitrogens is 1. The molecule has 2 N–H and O–H groups in total. The normalized spacial score (nSPS) is 14.7. The van der Waals surface area contributed by atoms with Crippen LogP contribution in [0.4, 0.5) is 0 Å². The van der Waals surface area contributed by atoms with E-state index < -0.39 is 0 Å². The number of hydrogen-bond donors (Lipinski definition) is 2. The number of rotatable bonds is 3. The van der Waals surface area contributed by atoms with Gasteiger partial charge in [-0.1, -0.05) is 18.2 Å². The van der Waals surface area contributed by atoms with Gasteiger partial charge in [-0.15, -0.1) is 0 Å². The maximum Gasteiger partial charge on any atom is 0.288 e. The van der Waals surface area contributed by atoms with Crippen LogP contribution in [0.1, 0.15) is 18.4 Å². The second kappa shape index (κ2) is 6.64. The van der Waals surface area contributed by atoms with Gasteiger partial charge in [-0.25, -0.2) is 0 Å². The zero-order valence-corrected chi connectivity index (χ0v) is 13.1. The number of nitrogens with zero attached hydrogens (tertiary/aromatic N) is 2. The molecule has 0 unspecified atom stereocenters. The monoisotopic (exact) mass is 312 g/mol. The number of carbonyl (C=O) groups is 1. The summed E-state index contributed by atoms with van der Waals surface area (Å²) in [4.78, 5) is 33.0. The average molecular weight is 312 g/mol. The van der Waals surface area contributed by atoms with Gasteiger partial charge in [0, 0.05) is 43.7 Å². The molecule has 0 fully saturated rings. The van der Waals surface area contributed by atoms with Crippen LogP contribution in [0.2, 0.25) is 0 Å². The molecule has 3 rings (SSSR count). The van der Waals surface area contributed by atoms with Crippen molar-refractivity contribution >= 4 is 22.6 Å². The van der Waals surface area contributed by atoms with Crippen LogP contribution in [0.25, 0.3) is 10.9 Å². The standard InChI is InChI=1S/C17H20N4O2/c1-21(17(23)16-18-8-4-5-9-19-16)11-12-10-15(22)20-14-7-3-2-6-13(12)14/h2-3,6-7,10H,4-5,8-9,11H2,1H3,(H,18,19)(H,20,22). The molecule has 1 aliphatic rings. The molecule has 0 atom stereocenters. The first-order valence-electron chi connectivity index (χ1n) is 7.80. The van der Waals surface area contributed by atoms with Gasteiger partial charge in [0.25, 0.3) is 5.91 Å². The second-order valence-corrected chi connectivity index (χ2v) is 5.73. The zero-order valence-electron chi connectivity index (χ0n) is 13.1. The number of fused-ring (bicyclic) bond motifs is 1. The van der Waals surface area contributed by atoms with E-state index in [0.29, 0.717) is 18.9 Å². The summed E-state index contributed by atoms with van der Waals surface area (Å²) in [6.45, 7) is 1.81. The summed E-state index contributed by atoms with van der Waals surface area (Å²) < 4.78 is 0. The van der Waals surface area contributed by atoms with Crippen molar-refractivity contribution in [3.63, 3.8) is 0 Å². The molecule has 0 saturated carbocycles. The first kappa shape index (κ1) is 15.3. The van der Waals surface area contributed by atoms with E-state index in [1.165, 1.54) is 0 Å². The lowest BCUT2D eigenvalue weighted by Gasteiger charge is -2.19. The SMILES string of the molecule is CN(Cc1cc(=O)[nH]c2ccccc12)C(=O)C1=NCCCCN1. The highest BCUT2D eigenvalue weighted by molar-refractivity contribution is 6.37. The zero-order chi connectivity index (χ0) is 16.2. The van der Waals surface area contributed by atoms with E-state index in [-0.39, 0.29) is 11.5 Å². The summed E-state index contributed by atoms with van der Waals surface area (Å²) in [6, 6.07) is 9.15. The molecular weight excluding hydrogens is 292 g/mol. The van der Waals surface area contributed by atoms with E-state index in [0.717, 1.165) is 35.9 Å². The summed E-state index contributed by atoms with van der Waals surface area (Å²) in [7, 11) is 1.73. The van der Waals surface area contributed by atoms with Crippen LogP contribution < -0.4 is 10.9 Å². The Kier molecular flexibility index (Phi) is 4.41. The number of amidine groups is 1. The molecule has 1 amide bonds. The molecule has 0 aliphatic carbocycles. The molecule has 0 saturated heterocycles. The predicted octanol–water partition coefficient (Wildman–Crippen LogP) is 1.27. The lowest BCUT2D eigenvalue weighted by atomic mass is 10.1. The Labute approximate surface area is 134 Å². The van der Waals surface area contributed by atoms with E-state index in [1.807, 2.05) is 24.3 Å². The number of benzene rings is 1. The molecule has 0 spiro atoms. The number of hydrogen-bond acceptors (Lipinski definition) is 4. The van der Waals surface area contributed by atoms with Gasteiger partial charge < -0.3 is 15.2 Å². The number of para-hydroxylation sites is 1. The molecule has 120 valence electrons. The highest BCUT2D eigenvalue weighted by Crippen LogP contribution is 2.16. The number of likely N-dealkylation sites (N-methyl/N-ethyl adjacent to an activating group) is 1. The van der Waals surface area contributed by atoms with Crippen molar-refractivity contribution in [1.29, 1.82) is 0 Å². The number of amides is 1. The van der Waals surface area contributed by atoms with E-state index in [2.05, 4.69) is 15.3 Å².